The van der Waals surface area contributed by atoms with E-state index in [9.17, 15) is 4.39 Å². The van der Waals surface area contributed by atoms with E-state index in [0.29, 0.717) is 25.4 Å². The maximum atomic E-state index is 13.3. The van der Waals surface area contributed by atoms with Gasteiger partial charge in [0.2, 0.25) is 0 Å². The molecule has 0 aliphatic rings. The molecule has 0 aliphatic heterocycles. The van der Waals surface area contributed by atoms with Crippen molar-refractivity contribution in [2.45, 2.75) is 19.4 Å². The van der Waals surface area contributed by atoms with Crippen LogP contribution in [0.4, 0.5) is 4.39 Å². The molecule has 2 N–H and O–H groups in total. The summed E-state index contributed by atoms with van der Waals surface area (Å²) in [5, 5.41) is 0. The average molecular weight is 289 g/mol. The maximum Gasteiger partial charge on any atom is 0.126 e. The van der Waals surface area contributed by atoms with Crippen molar-refractivity contribution in [3.8, 4) is 11.5 Å². The number of para-hydroxylation sites is 1. The zero-order chi connectivity index (χ0) is 15.1. The second-order valence-corrected chi connectivity index (χ2v) is 4.83. The van der Waals surface area contributed by atoms with E-state index in [2.05, 4.69) is 0 Å². The second-order valence-electron chi connectivity index (χ2n) is 4.83. The Kier molecular flexibility index (Phi) is 5.58. The second kappa shape index (κ2) is 7.64. The molecule has 3 nitrogen and oxygen atoms in total. The zero-order valence-corrected chi connectivity index (χ0v) is 12.1. The molecule has 1 atom stereocenters. The number of rotatable bonds is 7. The van der Waals surface area contributed by atoms with Crippen LogP contribution in [-0.4, -0.2) is 13.2 Å². The predicted molar refractivity (Wildman–Crippen MR) is 81.1 cm³/mol. The molecular formula is C17H20FNO2. The number of halogens is 1. The van der Waals surface area contributed by atoms with Gasteiger partial charge in [-0.2, -0.15) is 0 Å². The van der Waals surface area contributed by atoms with E-state index < -0.39 is 0 Å². The van der Waals surface area contributed by atoms with Crippen LogP contribution in [0.5, 0.6) is 11.5 Å². The van der Waals surface area contributed by atoms with Crippen LogP contribution in [0.3, 0.4) is 0 Å². The standard InChI is InChI=1S/C17H20FNO2/c1-13(19)16-9-8-14(18)12-17(16)21-11-5-10-20-15-6-3-2-4-7-15/h2-4,6-9,12-13H,5,10-11,19H2,1H3/t13-/m0/s1. The highest BCUT2D eigenvalue weighted by molar-refractivity contribution is 5.36. The van der Waals surface area contributed by atoms with E-state index in [1.165, 1.54) is 12.1 Å². The van der Waals surface area contributed by atoms with Crippen molar-refractivity contribution in [3.05, 3.63) is 59.9 Å². The summed E-state index contributed by atoms with van der Waals surface area (Å²) in [5.74, 6) is 1.01. The third-order valence-electron chi connectivity index (χ3n) is 3.02. The third-order valence-corrected chi connectivity index (χ3v) is 3.02. The molecule has 0 aliphatic carbocycles. The quantitative estimate of drug-likeness (QED) is 0.791. The van der Waals surface area contributed by atoms with Crippen LogP contribution in [0, 0.1) is 5.82 Å². The summed E-state index contributed by atoms with van der Waals surface area (Å²) in [7, 11) is 0. The molecule has 2 aromatic rings. The Morgan fingerprint density at radius 3 is 2.48 bits per heavy atom. The lowest BCUT2D eigenvalue weighted by Crippen LogP contribution is -2.10. The van der Waals surface area contributed by atoms with Crippen LogP contribution >= 0.6 is 0 Å². The first-order valence-corrected chi connectivity index (χ1v) is 7.02. The minimum absolute atomic E-state index is 0.193. The molecular weight excluding hydrogens is 269 g/mol. The summed E-state index contributed by atoms with van der Waals surface area (Å²) in [6.45, 7) is 2.85. The van der Waals surface area contributed by atoms with Crippen LogP contribution in [0.1, 0.15) is 24.9 Å². The monoisotopic (exact) mass is 289 g/mol. The molecule has 0 unspecified atom stereocenters. The molecule has 2 aromatic carbocycles. The van der Waals surface area contributed by atoms with Gasteiger partial charge in [0, 0.05) is 24.1 Å². The van der Waals surface area contributed by atoms with Gasteiger partial charge in [-0.05, 0) is 25.1 Å². The molecule has 4 heteroatoms. The van der Waals surface area contributed by atoms with E-state index in [4.69, 9.17) is 15.2 Å². The van der Waals surface area contributed by atoms with Gasteiger partial charge >= 0.3 is 0 Å². The first kappa shape index (κ1) is 15.3. The number of hydrogen-bond acceptors (Lipinski definition) is 3. The van der Waals surface area contributed by atoms with Gasteiger partial charge in [0.1, 0.15) is 17.3 Å². The summed E-state index contributed by atoms with van der Waals surface area (Å²) < 4.78 is 24.4. The Morgan fingerprint density at radius 2 is 1.76 bits per heavy atom. The van der Waals surface area contributed by atoms with Crippen LogP contribution in [0.15, 0.2) is 48.5 Å². The van der Waals surface area contributed by atoms with Gasteiger partial charge in [0.15, 0.2) is 0 Å². The van der Waals surface area contributed by atoms with Gasteiger partial charge in [-0.3, -0.25) is 0 Å². The average Bonchev–Trinajstić information content (AvgIpc) is 2.48. The maximum absolute atomic E-state index is 13.3. The molecule has 0 radical (unpaired) electrons. The fourth-order valence-electron chi connectivity index (χ4n) is 1.96. The van der Waals surface area contributed by atoms with Crippen molar-refractivity contribution in [3.63, 3.8) is 0 Å². The summed E-state index contributed by atoms with van der Waals surface area (Å²) in [6.07, 6.45) is 0.712. The zero-order valence-electron chi connectivity index (χ0n) is 12.1. The molecule has 0 heterocycles. The van der Waals surface area contributed by atoms with Gasteiger partial charge in [0.25, 0.3) is 0 Å². The van der Waals surface area contributed by atoms with Crippen LogP contribution in [-0.2, 0) is 0 Å². The normalized spacial score (nSPS) is 12.0. The number of nitrogens with two attached hydrogens (primary N) is 1. The van der Waals surface area contributed by atoms with Gasteiger partial charge in [-0.25, -0.2) is 4.39 Å². The van der Waals surface area contributed by atoms with Crippen molar-refractivity contribution in [2.24, 2.45) is 5.73 Å². The molecule has 0 amide bonds. The third kappa shape index (κ3) is 4.76. The molecule has 0 spiro atoms. The number of benzene rings is 2. The van der Waals surface area contributed by atoms with Crippen molar-refractivity contribution in [1.29, 1.82) is 0 Å². The molecule has 0 saturated carbocycles. The van der Waals surface area contributed by atoms with Gasteiger partial charge < -0.3 is 15.2 Å². The van der Waals surface area contributed by atoms with Crippen LogP contribution in [0.2, 0.25) is 0 Å². The summed E-state index contributed by atoms with van der Waals surface area (Å²) in [5.41, 5.74) is 6.65. The van der Waals surface area contributed by atoms with Gasteiger partial charge in [-0.1, -0.05) is 24.3 Å². The molecule has 0 bridgehead atoms. The predicted octanol–water partition coefficient (Wildman–Crippen LogP) is 3.69. The molecule has 0 fully saturated rings. The minimum Gasteiger partial charge on any atom is -0.493 e. The van der Waals surface area contributed by atoms with Crippen molar-refractivity contribution in [1.82, 2.24) is 0 Å². The van der Waals surface area contributed by atoms with E-state index >= 15 is 0 Å². The Hall–Kier alpha value is -2.07. The highest BCUT2D eigenvalue weighted by atomic mass is 19.1. The molecule has 21 heavy (non-hydrogen) atoms. The number of ether oxygens (including phenoxy) is 2. The molecule has 0 aromatic heterocycles. The van der Waals surface area contributed by atoms with E-state index in [0.717, 1.165) is 11.3 Å². The highest BCUT2D eigenvalue weighted by Gasteiger charge is 2.09. The first-order valence-electron chi connectivity index (χ1n) is 7.02. The van der Waals surface area contributed by atoms with Crippen molar-refractivity contribution < 1.29 is 13.9 Å². The fraction of sp³-hybridized carbons (Fsp3) is 0.294. The molecule has 0 saturated heterocycles. The van der Waals surface area contributed by atoms with Crippen molar-refractivity contribution in [2.75, 3.05) is 13.2 Å². The van der Waals surface area contributed by atoms with Gasteiger partial charge in [-0.15, -0.1) is 0 Å². The Labute approximate surface area is 124 Å². The molecule has 112 valence electrons. The number of hydrogen-bond donors (Lipinski definition) is 1. The van der Waals surface area contributed by atoms with E-state index in [1.807, 2.05) is 37.3 Å². The SMILES string of the molecule is C[C@H](N)c1ccc(F)cc1OCCCOc1ccccc1. The summed E-state index contributed by atoms with van der Waals surface area (Å²) in [4.78, 5) is 0. The lowest BCUT2D eigenvalue weighted by molar-refractivity contribution is 0.245. The van der Waals surface area contributed by atoms with Gasteiger partial charge in [0.05, 0.1) is 13.2 Å². The topological polar surface area (TPSA) is 44.5 Å². The van der Waals surface area contributed by atoms with E-state index in [1.54, 1.807) is 6.07 Å². The lowest BCUT2D eigenvalue weighted by Gasteiger charge is -2.14. The largest absolute Gasteiger partial charge is 0.493 e. The summed E-state index contributed by atoms with van der Waals surface area (Å²) in [6, 6.07) is 13.8. The highest BCUT2D eigenvalue weighted by Crippen LogP contribution is 2.24. The Morgan fingerprint density at radius 1 is 1.05 bits per heavy atom. The van der Waals surface area contributed by atoms with Crippen molar-refractivity contribution >= 4 is 0 Å². The smallest absolute Gasteiger partial charge is 0.126 e. The van der Waals surface area contributed by atoms with E-state index in [-0.39, 0.29) is 11.9 Å². The Bertz CT molecular complexity index is 558. The first-order chi connectivity index (χ1) is 10.2. The van der Waals surface area contributed by atoms with Crippen LogP contribution in [0.25, 0.3) is 0 Å². The summed E-state index contributed by atoms with van der Waals surface area (Å²) >= 11 is 0. The minimum atomic E-state index is -0.324. The lowest BCUT2D eigenvalue weighted by atomic mass is 10.1. The Balaban J connectivity index is 1.79. The molecule has 2 rings (SSSR count). The van der Waals surface area contributed by atoms with Crippen LogP contribution < -0.4 is 15.2 Å². The fourth-order valence-corrected chi connectivity index (χ4v) is 1.96.